The van der Waals surface area contributed by atoms with Crippen molar-refractivity contribution in [2.75, 3.05) is 6.54 Å². The van der Waals surface area contributed by atoms with Crippen LogP contribution in [-0.2, 0) is 14.4 Å². The second-order valence-electron chi connectivity index (χ2n) is 10.7. The lowest BCUT2D eigenvalue weighted by Crippen LogP contribution is -2.54. The highest BCUT2D eigenvalue weighted by molar-refractivity contribution is 6.17. The number of likely N-dealkylation sites (tertiary alicyclic amines) is 1. The Morgan fingerprint density at radius 1 is 1.17 bits per heavy atom. The van der Waals surface area contributed by atoms with Crippen LogP contribution in [0.15, 0.2) is 33.9 Å². The number of nitrogens with zero attached hydrogens (tertiary/aromatic N) is 3. The van der Waals surface area contributed by atoms with Gasteiger partial charge in [0.05, 0.1) is 18.2 Å². The third kappa shape index (κ3) is 5.76. The van der Waals surface area contributed by atoms with E-state index in [1.165, 1.54) is 6.08 Å². The summed E-state index contributed by atoms with van der Waals surface area (Å²) in [6, 6.07) is -1.44. The Hall–Kier alpha value is -2.84. The number of fused-ring (bicyclic) bond motifs is 1. The second-order valence-corrected chi connectivity index (χ2v) is 10.7. The molecule has 2 heterocycles. The van der Waals surface area contributed by atoms with Gasteiger partial charge in [-0.2, -0.15) is 0 Å². The van der Waals surface area contributed by atoms with Crippen LogP contribution >= 0.6 is 0 Å². The van der Waals surface area contributed by atoms with Crippen molar-refractivity contribution in [1.82, 2.24) is 15.5 Å². The molecule has 0 spiro atoms. The number of nitrogens with one attached hydrogen (secondary N) is 2. The topological polar surface area (TPSA) is 103 Å². The molecule has 8 nitrogen and oxygen atoms in total. The summed E-state index contributed by atoms with van der Waals surface area (Å²) >= 11 is 0. The molecule has 2 N–H and O–H groups in total. The van der Waals surface area contributed by atoms with Crippen LogP contribution in [0.25, 0.3) is 0 Å². The molecule has 3 unspecified atom stereocenters. The SMILES string of the molecule is CC[C@H]1CCCCN1C(=O)C[C@H](NC(=O)C1CC1C(C)C)C(=O)N[C@@H](C)C1=NC2=CC=CC(F)C2=N1. The molecule has 3 amide bonds. The number of rotatable bonds is 9. The third-order valence-electron chi connectivity index (χ3n) is 7.74. The molecule has 0 aromatic rings. The minimum absolute atomic E-state index is 0.0948. The summed E-state index contributed by atoms with van der Waals surface area (Å²) in [6.45, 7) is 8.63. The summed E-state index contributed by atoms with van der Waals surface area (Å²) in [5.41, 5.74) is 0.683. The number of allylic oxidation sites excluding steroid dienone is 4. The van der Waals surface area contributed by atoms with Gasteiger partial charge in [-0.25, -0.2) is 14.4 Å². The summed E-state index contributed by atoms with van der Waals surface area (Å²) in [6.07, 6.45) is 7.91. The van der Waals surface area contributed by atoms with Crippen LogP contribution in [0.2, 0.25) is 0 Å². The minimum atomic E-state index is -1.33. The molecule has 0 radical (unpaired) electrons. The summed E-state index contributed by atoms with van der Waals surface area (Å²) in [5, 5.41) is 5.71. The van der Waals surface area contributed by atoms with E-state index in [0.717, 1.165) is 32.1 Å². The van der Waals surface area contributed by atoms with E-state index in [9.17, 15) is 18.8 Å². The molecule has 9 heteroatoms. The van der Waals surface area contributed by atoms with Crippen LogP contribution in [-0.4, -0.2) is 65.0 Å². The number of carbonyl (C=O) groups is 3. The molecular formula is C27H38FN5O3. The maximum Gasteiger partial charge on any atom is 0.243 e. The first kappa shape index (κ1) is 26.2. The number of alkyl halides is 1. The van der Waals surface area contributed by atoms with E-state index in [0.29, 0.717) is 29.9 Å². The Bertz CT molecular complexity index is 1020. The summed E-state index contributed by atoms with van der Waals surface area (Å²) in [7, 11) is 0. The van der Waals surface area contributed by atoms with E-state index in [2.05, 4.69) is 41.4 Å². The van der Waals surface area contributed by atoms with Gasteiger partial charge in [-0.3, -0.25) is 14.4 Å². The maximum absolute atomic E-state index is 14.2. The van der Waals surface area contributed by atoms with Gasteiger partial charge in [-0.05, 0) is 63.0 Å². The van der Waals surface area contributed by atoms with Crippen LogP contribution in [0.1, 0.15) is 66.2 Å². The zero-order chi connectivity index (χ0) is 26.0. The van der Waals surface area contributed by atoms with Crippen molar-refractivity contribution in [1.29, 1.82) is 0 Å². The van der Waals surface area contributed by atoms with Crippen molar-refractivity contribution in [3.8, 4) is 0 Å². The normalized spacial score (nSPS) is 28.5. The maximum atomic E-state index is 14.2. The summed E-state index contributed by atoms with van der Waals surface area (Å²) < 4.78 is 14.2. The molecule has 0 bridgehead atoms. The van der Waals surface area contributed by atoms with Gasteiger partial charge in [0.25, 0.3) is 0 Å². The molecular weight excluding hydrogens is 461 g/mol. The fourth-order valence-electron chi connectivity index (χ4n) is 5.41. The van der Waals surface area contributed by atoms with Crippen molar-refractivity contribution in [3.63, 3.8) is 0 Å². The molecule has 2 fully saturated rings. The van der Waals surface area contributed by atoms with E-state index >= 15 is 0 Å². The lowest BCUT2D eigenvalue weighted by atomic mass is 9.98. The monoisotopic (exact) mass is 499 g/mol. The van der Waals surface area contributed by atoms with E-state index in [4.69, 9.17) is 0 Å². The van der Waals surface area contributed by atoms with E-state index in [1.54, 1.807) is 19.1 Å². The van der Waals surface area contributed by atoms with Crippen molar-refractivity contribution in [3.05, 3.63) is 23.9 Å². The molecule has 4 rings (SSSR count). The van der Waals surface area contributed by atoms with Gasteiger partial charge in [-0.1, -0.05) is 26.8 Å². The van der Waals surface area contributed by atoms with Crippen LogP contribution in [0.3, 0.4) is 0 Å². The fraction of sp³-hybridized carbons (Fsp3) is 0.667. The molecule has 1 saturated carbocycles. The lowest BCUT2D eigenvalue weighted by Gasteiger charge is -2.36. The van der Waals surface area contributed by atoms with Crippen LogP contribution < -0.4 is 10.6 Å². The molecule has 2 aliphatic heterocycles. The summed E-state index contributed by atoms with van der Waals surface area (Å²) in [4.78, 5) is 50.1. The number of hydrogen-bond donors (Lipinski definition) is 2. The molecule has 36 heavy (non-hydrogen) atoms. The highest BCUT2D eigenvalue weighted by atomic mass is 19.1. The number of halogens is 1. The van der Waals surface area contributed by atoms with Crippen LogP contribution in [0.4, 0.5) is 4.39 Å². The van der Waals surface area contributed by atoms with Gasteiger partial charge in [0, 0.05) is 18.5 Å². The second kappa shape index (κ2) is 11.0. The average Bonchev–Trinajstić information content (AvgIpc) is 3.55. The number of aliphatic imine (C=N–C) groups is 2. The first-order valence-corrected chi connectivity index (χ1v) is 13.3. The lowest BCUT2D eigenvalue weighted by molar-refractivity contribution is -0.139. The molecule has 6 atom stereocenters. The van der Waals surface area contributed by atoms with Crippen molar-refractivity contribution in [2.24, 2.45) is 27.7 Å². The van der Waals surface area contributed by atoms with Gasteiger partial charge in [0.15, 0.2) is 12.0 Å². The number of piperidine rings is 1. The fourth-order valence-corrected chi connectivity index (χ4v) is 5.41. The summed E-state index contributed by atoms with van der Waals surface area (Å²) in [5.74, 6) is 0.111. The first-order chi connectivity index (χ1) is 17.2. The van der Waals surface area contributed by atoms with E-state index < -0.39 is 24.2 Å². The predicted octanol–water partition coefficient (Wildman–Crippen LogP) is 3.09. The van der Waals surface area contributed by atoms with Gasteiger partial charge < -0.3 is 15.5 Å². The van der Waals surface area contributed by atoms with E-state index in [1.807, 2.05) is 4.90 Å². The quantitative estimate of drug-likeness (QED) is 0.510. The van der Waals surface area contributed by atoms with E-state index in [-0.39, 0.29) is 35.9 Å². The predicted molar refractivity (Wildman–Crippen MR) is 137 cm³/mol. The standard InChI is InChI=1S/C27H38FN5O3/c1-5-17-9-6-7-12-33(17)23(34)14-22(31-26(35)19-13-18(19)15(2)3)27(36)29-16(4)25-30-21-11-8-10-20(28)24(21)32-25/h8,10-11,15-20,22H,5-7,9,12-14H2,1-4H3,(H,29,36)(H,31,35)/t16-,17-,18?,19?,20?,22-/m0/s1. The molecule has 2 aliphatic carbocycles. The van der Waals surface area contributed by atoms with Gasteiger partial charge in [-0.15, -0.1) is 0 Å². The minimum Gasteiger partial charge on any atom is -0.345 e. The number of carbonyl (C=O) groups excluding carboxylic acids is 3. The molecule has 196 valence electrons. The van der Waals surface area contributed by atoms with Gasteiger partial charge in [0.1, 0.15) is 11.8 Å². The van der Waals surface area contributed by atoms with Gasteiger partial charge >= 0.3 is 0 Å². The number of amidine groups is 1. The highest BCUT2D eigenvalue weighted by Crippen LogP contribution is 2.44. The Morgan fingerprint density at radius 3 is 2.61 bits per heavy atom. The Labute approximate surface area is 212 Å². The Kier molecular flexibility index (Phi) is 8.05. The smallest absolute Gasteiger partial charge is 0.243 e. The molecule has 1 saturated heterocycles. The zero-order valence-corrected chi connectivity index (χ0v) is 21.7. The molecule has 4 aliphatic rings. The number of amides is 3. The Morgan fingerprint density at radius 2 is 1.94 bits per heavy atom. The zero-order valence-electron chi connectivity index (χ0n) is 21.7. The van der Waals surface area contributed by atoms with Crippen molar-refractivity contribution in [2.45, 2.75) is 90.5 Å². The van der Waals surface area contributed by atoms with Crippen molar-refractivity contribution < 1.29 is 18.8 Å². The number of hydrogen-bond acceptors (Lipinski definition) is 5. The average molecular weight is 500 g/mol. The van der Waals surface area contributed by atoms with Crippen LogP contribution in [0.5, 0.6) is 0 Å². The molecule has 0 aromatic carbocycles. The van der Waals surface area contributed by atoms with Crippen LogP contribution in [0, 0.1) is 17.8 Å². The van der Waals surface area contributed by atoms with Gasteiger partial charge in [0.2, 0.25) is 17.7 Å². The largest absolute Gasteiger partial charge is 0.345 e. The Balaban J connectivity index is 1.45. The first-order valence-electron chi connectivity index (χ1n) is 13.3. The van der Waals surface area contributed by atoms with Crippen molar-refractivity contribution >= 4 is 29.3 Å². The highest BCUT2D eigenvalue weighted by Gasteiger charge is 2.45. The third-order valence-corrected chi connectivity index (χ3v) is 7.74. The molecule has 0 aromatic heterocycles.